The Bertz CT molecular complexity index is 751. The molecule has 0 N–H and O–H groups in total. The van der Waals surface area contributed by atoms with Crippen LogP contribution in [0.5, 0.6) is 0 Å². The predicted molar refractivity (Wildman–Crippen MR) is 101 cm³/mol. The molecule has 2 saturated heterocycles. The van der Waals surface area contributed by atoms with Gasteiger partial charge in [-0.25, -0.2) is 0 Å². The summed E-state index contributed by atoms with van der Waals surface area (Å²) in [6.45, 7) is 5.06. The molecule has 1 saturated carbocycles. The molecule has 27 heavy (non-hydrogen) atoms. The first-order chi connectivity index (χ1) is 13.1. The number of hydrogen-bond donors (Lipinski definition) is 0. The van der Waals surface area contributed by atoms with Crippen LogP contribution in [-0.2, 0) is 14.9 Å². The molecule has 2 aliphatic heterocycles. The van der Waals surface area contributed by atoms with Crippen molar-refractivity contribution in [2.24, 2.45) is 11.8 Å². The number of non-ortho nitro benzene ring substituents is 1. The summed E-state index contributed by atoms with van der Waals surface area (Å²) >= 11 is 0. The number of piperidine rings is 1. The highest BCUT2D eigenvalue weighted by Crippen LogP contribution is 2.71. The van der Waals surface area contributed by atoms with Crippen molar-refractivity contribution in [1.82, 2.24) is 4.90 Å². The van der Waals surface area contributed by atoms with E-state index in [0.717, 1.165) is 37.8 Å². The van der Waals surface area contributed by atoms with Gasteiger partial charge in [0.15, 0.2) is 6.23 Å². The Morgan fingerprint density at radius 3 is 2.74 bits per heavy atom. The second-order valence-electron chi connectivity index (χ2n) is 8.18. The van der Waals surface area contributed by atoms with Gasteiger partial charge in [-0.05, 0) is 18.4 Å². The Morgan fingerprint density at radius 2 is 2.04 bits per heavy atom. The van der Waals surface area contributed by atoms with Crippen LogP contribution >= 0.6 is 0 Å². The molecular formula is C21H28N2O4. The van der Waals surface area contributed by atoms with E-state index in [-0.39, 0.29) is 46.1 Å². The molecule has 1 amide bonds. The van der Waals surface area contributed by atoms with Gasteiger partial charge in [0.2, 0.25) is 5.91 Å². The Labute approximate surface area is 160 Å². The van der Waals surface area contributed by atoms with Crippen molar-refractivity contribution >= 4 is 11.6 Å². The summed E-state index contributed by atoms with van der Waals surface area (Å²) in [4.78, 5) is 26.1. The number of benzene rings is 1. The summed E-state index contributed by atoms with van der Waals surface area (Å²) < 4.78 is 5.94. The Morgan fingerprint density at radius 1 is 1.22 bits per heavy atom. The number of epoxide rings is 1. The molecule has 3 aliphatic rings. The first-order valence-corrected chi connectivity index (χ1v) is 10.3. The zero-order valence-corrected chi connectivity index (χ0v) is 16.1. The normalized spacial score (nSPS) is 33.4. The molecule has 4 rings (SSSR count). The number of nitro benzene ring substituents is 1. The SMILES string of the molecule is CCCCCCN1C(=O)C2C(C3OC31)C2(CCC)c1cccc([N+](=O)[O-])c1. The molecule has 146 valence electrons. The monoisotopic (exact) mass is 372 g/mol. The van der Waals surface area contributed by atoms with E-state index in [4.69, 9.17) is 4.74 Å². The molecule has 0 aromatic heterocycles. The molecule has 1 aromatic carbocycles. The Balaban J connectivity index is 1.59. The summed E-state index contributed by atoms with van der Waals surface area (Å²) in [5, 5.41) is 11.2. The maximum Gasteiger partial charge on any atom is 0.269 e. The van der Waals surface area contributed by atoms with Gasteiger partial charge < -0.3 is 9.64 Å². The fourth-order valence-electron chi connectivity index (χ4n) is 5.37. The quantitative estimate of drug-likeness (QED) is 0.284. The number of carbonyl (C=O) groups excluding carboxylic acids is 1. The Kier molecular flexibility index (Phi) is 4.70. The Hall–Kier alpha value is -1.95. The molecule has 0 spiro atoms. The van der Waals surface area contributed by atoms with E-state index in [0.29, 0.717) is 0 Å². The van der Waals surface area contributed by atoms with Crippen LogP contribution in [0.1, 0.15) is 57.9 Å². The van der Waals surface area contributed by atoms with E-state index in [1.165, 1.54) is 18.9 Å². The molecule has 6 heteroatoms. The topological polar surface area (TPSA) is 76.0 Å². The first kappa shape index (κ1) is 18.4. The van der Waals surface area contributed by atoms with Crippen LogP contribution in [0.2, 0.25) is 0 Å². The van der Waals surface area contributed by atoms with Crippen molar-refractivity contribution in [2.45, 2.75) is 70.1 Å². The zero-order chi connectivity index (χ0) is 19.2. The summed E-state index contributed by atoms with van der Waals surface area (Å²) in [5.74, 6) is 0.272. The molecule has 1 aliphatic carbocycles. The number of fused-ring (bicyclic) bond motifs is 3. The van der Waals surface area contributed by atoms with Gasteiger partial charge in [-0.2, -0.15) is 0 Å². The van der Waals surface area contributed by atoms with Crippen molar-refractivity contribution in [3.8, 4) is 0 Å². The van der Waals surface area contributed by atoms with Crippen LogP contribution < -0.4 is 0 Å². The molecule has 6 nitrogen and oxygen atoms in total. The number of unbranched alkanes of at least 4 members (excludes halogenated alkanes) is 3. The van der Waals surface area contributed by atoms with Crippen molar-refractivity contribution in [2.75, 3.05) is 6.54 Å². The fraction of sp³-hybridized carbons (Fsp3) is 0.667. The second-order valence-corrected chi connectivity index (χ2v) is 8.18. The zero-order valence-electron chi connectivity index (χ0n) is 16.1. The molecule has 2 heterocycles. The van der Waals surface area contributed by atoms with Gasteiger partial charge in [0.1, 0.15) is 6.10 Å². The van der Waals surface area contributed by atoms with Crippen molar-refractivity contribution in [3.05, 3.63) is 39.9 Å². The minimum atomic E-state index is -0.354. The van der Waals surface area contributed by atoms with E-state index in [1.54, 1.807) is 12.1 Å². The summed E-state index contributed by atoms with van der Waals surface area (Å²) in [6, 6.07) is 6.89. The smallest absolute Gasteiger partial charge is 0.269 e. The van der Waals surface area contributed by atoms with Crippen LogP contribution in [0.4, 0.5) is 5.69 Å². The largest absolute Gasteiger partial charge is 0.347 e. The van der Waals surface area contributed by atoms with Gasteiger partial charge in [-0.1, -0.05) is 51.7 Å². The van der Waals surface area contributed by atoms with Crippen LogP contribution in [0, 0.1) is 22.0 Å². The maximum atomic E-state index is 13.3. The van der Waals surface area contributed by atoms with E-state index >= 15 is 0 Å². The third-order valence-electron chi connectivity index (χ3n) is 6.62. The van der Waals surface area contributed by atoms with Crippen LogP contribution in [0.25, 0.3) is 0 Å². The minimum Gasteiger partial charge on any atom is -0.347 e. The molecule has 0 radical (unpaired) electrons. The summed E-state index contributed by atoms with van der Waals surface area (Å²) in [5.41, 5.74) is 0.739. The fourth-order valence-corrected chi connectivity index (χ4v) is 5.37. The molecule has 5 atom stereocenters. The standard InChI is InChI=1S/C21H28N2O4/c1-3-5-6-7-12-22-19(24)17-16(18-20(22)27-18)21(17,11-4-2)14-9-8-10-15(13-14)23(25)26/h8-10,13,16-18,20H,3-7,11-12H2,1-2H3. The van der Waals surface area contributed by atoms with Gasteiger partial charge in [0.25, 0.3) is 5.69 Å². The van der Waals surface area contributed by atoms with E-state index in [1.807, 2.05) is 11.0 Å². The number of amides is 1. The van der Waals surface area contributed by atoms with Crippen molar-refractivity contribution in [3.63, 3.8) is 0 Å². The summed E-state index contributed by atoms with van der Waals surface area (Å²) in [7, 11) is 0. The average Bonchev–Trinajstić information content (AvgIpc) is 3.55. The van der Waals surface area contributed by atoms with Gasteiger partial charge in [0.05, 0.1) is 10.8 Å². The predicted octanol–water partition coefficient (Wildman–Crippen LogP) is 4.03. The molecular weight excluding hydrogens is 344 g/mol. The third-order valence-corrected chi connectivity index (χ3v) is 6.62. The highest BCUT2D eigenvalue weighted by atomic mass is 16.6. The van der Waals surface area contributed by atoms with E-state index in [2.05, 4.69) is 13.8 Å². The molecule has 1 aromatic rings. The number of nitro groups is 1. The maximum absolute atomic E-state index is 13.3. The highest BCUT2D eigenvalue weighted by Gasteiger charge is 2.79. The molecule has 0 bridgehead atoms. The van der Waals surface area contributed by atoms with E-state index < -0.39 is 0 Å². The number of likely N-dealkylation sites (tertiary alicyclic amines) is 1. The molecule has 3 fully saturated rings. The number of ether oxygens (including phenoxy) is 1. The lowest BCUT2D eigenvalue weighted by Gasteiger charge is -2.24. The van der Waals surface area contributed by atoms with Crippen molar-refractivity contribution < 1.29 is 14.5 Å². The lowest BCUT2D eigenvalue weighted by atomic mass is 9.86. The minimum absolute atomic E-state index is 0.0715. The van der Waals surface area contributed by atoms with Crippen LogP contribution in [0.3, 0.4) is 0 Å². The van der Waals surface area contributed by atoms with Crippen LogP contribution in [0.15, 0.2) is 24.3 Å². The van der Waals surface area contributed by atoms with Gasteiger partial charge >= 0.3 is 0 Å². The lowest BCUT2D eigenvalue weighted by molar-refractivity contribution is -0.384. The second kappa shape index (κ2) is 6.89. The molecule has 5 unspecified atom stereocenters. The van der Waals surface area contributed by atoms with Crippen molar-refractivity contribution in [1.29, 1.82) is 0 Å². The third kappa shape index (κ3) is 2.85. The van der Waals surface area contributed by atoms with Crippen LogP contribution in [-0.4, -0.2) is 34.6 Å². The number of rotatable bonds is 9. The first-order valence-electron chi connectivity index (χ1n) is 10.3. The number of nitrogens with zero attached hydrogens (tertiary/aromatic N) is 2. The van der Waals surface area contributed by atoms with Gasteiger partial charge in [-0.15, -0.1) is 0 Å². The van der Waals surface area contributed by atoms with Gasteiger partial charge in [0, 0.05) is 30.0 Å². The highest BCUT2D eigenvalue weighted by molar-refractivity contribution is 5.88. The van der Waals surface area contributed by atoms with Gasteiger partial charge in [-0.3, -0.25) is 14.9 Å². The number of hydrogen-bond acceptors (Lipinski definition) is 4. The average molecular weight is 372 g/mol. The van der Waals surface area contributed by atoms with E-state index in [9.17, 15) is 14.9 Å². The summed E-state index contributed by atoms with van der Waals surface area (Å²) in [6.07, 6.45) is 6.35. The lowest BCUT2D eigenvalue weighted by Crippen LogP contribution is -2.40. The number of carbonyl (C=O) groups is 1.